The molecule has 8 nitrogen and oxygen atoms in total. The van der Waals surface area contributed by atoms with E-state index in [1.807, 2.05) is 49.4 Å². The third-order valence-corrected chi connectivity index (χ3v) is 5.19. The van der Waals surface area contributed by atoms with Crippen LogP contribution in [0.15, 0.2) is 47.0 Å². The average Bonchev–Trinajstić information content (AvgIpc) is 3.43. The van der Waals surface area contributed by atoms with Gasteiger partial charge in [0.1, 0.15) is 17.5 Å². The minimum absolute atomic E-state index is 0.217. The van der Waals surface area contributed by atoms with E-state index in [2.05, 4.69) is 15.5 Å². The first kappa shape index (κ1) is 19.8. The highest BCUT2D eigenvalue weighted by molar-refractivity contribution is 5.91. The van der Waals surface area contributed by atoms with Crippen LogP contribution in [0.25, 0.3) is 11.4 Å². The molecule has 1 fully saturated rings. The molecule has 2 aromatic carbocycles. The zero-order valence-corrected chi connectivity index (χ0v) is 17.2. The molecular weight excluding hydrogens is 384 g/mol. The van der Waals surface area contributed by atoms with E-state index in [-0.39, 0.29) is 12.1 Å². The molecule has 1 aliphatic rings. The third-order valence-electron chi connectivity index (χ3n) is 5.19. The van der Waals surface area contributed by atoms with Crippen LogP contribution in [-0.4, -0.2) is 41.8 Å². The molecule has 8 heteroatoms. The third kappa shape index (κ3) is 3.94. The van der Waals surface area contributed by atoms with Crippen molar-refractivity contribution in [1.29, 1.82) is 0 Å². The van der Waals surface area contributed by atoms with E-state index in [1.54, 1.807) is 19.1 Å². The van der Waals surface area contributed by atoms with Crippen molar-refractivity contribution in [3.05, 3.63) is 53.9 Å². The Morgan fingerprint density at radius 1 is 1.17 bits per heavy atom. The number of aromatic nitrogens is 2. The molecule has 2 heterocycles. The molecule has 0 spiro atoms. The zero-order chi connectivity index (χ0) is 21.1. The maximum absolute atomic E-state index is 13.0. The molecule has 1 aliphatic heterocycles. The minimum Gasteiger partial charge on any atom is -0.497 e. The largest absolute Gasteiger partial charge is 0.497 e. The molecule has 1 N–H and O–H groups in total. The molecule has 0 unspecified atom stereocenters. The number of urea groups is 1. The molecule has 30 heavy (non-hydrogen) atoms. The van der Waals surface area contributed by atoms with Gasteiger partial charge in [-0.15, -0.1) is 0 Å². The van der Waals surface area contributed by atoms with Crippen molar-refractivity contribution >= 4 is 11.7 Å². The van der Waals surface area contributed by atoms with E-state index in [4.69, 9.17) is 14.0 Å². The van der Waals surface area contributed by atoms with Crippen LogP contribution in [-0.2, 0) is 0 Å². The van der Waals surface area contributed by atoms with Crippen LogP contribution in [0.1, 0.15) is 30.3 Å². The van der Waals surface area contributed by atoms with E-state index in [1.165, 1.54) is 0 Å². The van der Waals surface area contributed by atoms with Crippen LogP contribution < -0.4 is 14.8 Å². The first-order valence-corrected chi connectivity index (χ1v) is 9.79. The molecule has 3 aromatic rings. The predicted octanol–water partition coefficient (Wildman–Crippen LogP) is 4.43. The van der Waals surface area contributed by atoms with E-state index >= 15 is 0 Å². The van der Waals surface area contributed by atoms with Crippen molar-refractivity contribution in [2.75, 3.05) is 26.1 Å². The van der Waals surface area contributed by atoms with E-state index in [9.17, 15) is 4.79 Å². The Bertz CT molecular complexity index is 1030. The molecule has 156 valence electrons. The van der Waals surface area contributed by atoms with Gasteiger partial charge in [-0.25, -0.2) is 4.79 Å². The first-order valence-electron chi connectivity index (χ1n) is 9.79. The molecular formula is C22H24N4O4. The summed E-state index contributed by atoms with van der Waals surface area (Å²) < 4.78 is 16.1. The maximum Gasteiger partial charge on any atom is 0.322 e. The summed E-state index contributed by atoms with van der Waals surface area (Å²) in [6.07, 6.45) is 1.63. The van der Waals surface area contributed by atoms with E-state index in [0.29, 0.717) is 29.7 Å². The number of carbonyl (C=O) groups is 1. The number of ether oxygens (including phenoxy) is 2. The Labute approximate surface area is 174 Å². The summed E-state index contributed by atoms with van der Waals surface area (Å²) in [5.41, 5.74) is 2.49. The van der Waals surface area contributed by atoms with Crippen LogP contribution in [0.4, 0.5) is 10.5 Å². The summed E-state index contributed by atoms with van der Waals surface area (Å²) in [6.45, 7) is 2.58. The van der Waals surface area contributed by atoms with Gasteiger partial charge in [0.05, 0.1) is 19.9 Å². The molecule has 2 amide bonds. The van der Waals surface area contributed by atoms with Gasteiger partial charge >= 0.3 is 6.03 Å². The van der Waals surface area contributed by atoms with Gasteiger partial charge in [0.25, 0.3) is 0 Å². The second-order valence-corrected chi connectivity index (χ2v) is 7.17. The molecule has 4 rings (SSSR count). The number of anilines is 1. The SMILES string of the molecule is COc1ccc(-c2noc([C@@H]3CCCN3C(=O)Nc3cc(C)ccc3OC)n2)cc1. The van der Waals surface area contributed by atoms with Crippen LogP contribution in [0.2, 0.25) is 0 Å². The maximum atomic E-state index is 13.0. The van der Waals surface area contributed by atoms with E-state index in [0.717, 1.165) is 29.7 Å². The Hall–Kier alpha value is -3.55. The highest BCUT2D eigenvalue weighted by Gasteiger charge is 2.34. The molecule has 1 aromatic heterocycles. The molecule has 0 radical (unpaired) electrons. The second-order valence-electron chi connectivity index (χ2n) is 7.17. The van der Waals surface area contributed by atoms with Gasteiger partial charge in [0, 0.05) is 12.1 Å². The van der Waals surface area contributed by atoms with Crippen molar-refractivity contribution < 1.29 is 18.8 Å². The lowest BCUT2D eigenvalue weighted by Crippen LogP contribution is -2.34. The van der Waals surface area contributed by atoms with Gasteiger partial charge in [-0.05, 0) is 61.7 Å². The number of methoxy groups -OCH3 is 2. The fourth-order valence-corrected chi connectivity index (χ4v) is 3.60. The number of nitrogens with zero attached hydrogens (tertiary/aromatic N) is 3. The summed E-state index contributed by atoms with van der Waals surface area (Å²) in [5, 5.41) is 7.05. The number of rotatable bonds is 5. The fraction of sp³-hybridized carbons (Fsp3) is 0.318. The van der Waals surface area contributed by atoms with Crippen LogP contribution >= 0.6 is 0 Å². The number of amides is 2. The van der Waals surface area contributed by atoms with Crippen LogP contribution in [0.5, 0.6) is 11.5 Å². The highest BCUT2D eigenvalue weighted by Crippen LogP contribution is 2.34. The Balaban J connectivity index is 1.52. The monoisotopic (exact) mass is 408 g/mol. The number of benzene rings is 2. The lowest BCUT2D eigenvalue weighted by Gasteiger charge is -2.23. The van der Waals surface area contributed by atoms with E-state index < -0.39 is 0 Å². The van der Waals surface area contributed by atoms with Crippen molar-refractivity contribution in [2.45, 2.75) is 25.8 Å². The second kappa shape index (κ2) is 8.44. The van der Waals surface area contributed by atoms with Crippen molar-refractivity contribution in [3.8, 4) is 22.9 Å². The molecule has 1 atom stereocenters. The lowest BCUT2D eigenvalue weighted by atomic mass is 10.2. The quantitative estimate of drug-likeness (QED) is 0.672. The predicted molar refractivity (Wildman–Crippen MR) is 112 cm³/mol. The van der Waals surface area contributed by atoms with Crippen LogP contribution in [0.3, 0.4) is 0 Å². The van der Waals surface area contributed by atoms with Gasteiger partial charge < -0.3 is 24.2 Å². The highest BCUT2D eigenvalue weighted by atomic mass is 16.5. The standard InChI is InChI=1S/C22H24N4O4/c1-14-6-11-19(29-3)17(13-14)23-22(27)26-12-4-5-18(26)21-24-20(25-30-21)15-7-9-16(28-2)10-8-15/h6-11,13,18H,4-5,12H2,1-3H3,(H,23,27)/t18-/m0/s1. The van der Waals surface area contributed by atoms with Crippen molar-refractivity contribution in [3.63, 3.8) is 0 Å². The summed E-state index contributed by atoms with van der Waals surface area (Å²) in [6, 6.07) is 12.6. The van der Waals surface area contributed by atoms with Crippen molar-refractivity contribution in [1.82, 2.24) is 15.0 Å². The molecule has 0 aliphatic carbocycles. The molecule has 1 saturated heterocycles. The van der Waals surface area contributed by atoms with Gasteiger partial charge in [0.2, 0.25) is 11.7 Å². The average molecular weight is 408 g/mol. The zero-order valence-electron chi connectivity index (χ0n) is 17.2. The first-order chi connectivity index (χ1) is 14.6. The fourth-order valence-electron chi connectivity index (χ4n) is 3.60. The smallest absolute Gasteiger partial charge is 0.322 e. The summed E-state index contributed by atoms with van der Waals surface area (Å²) >= 11 is 0. The number of nitrogens with one attached hydrogen (secondary N) is 1. The normalized spacial score (nSPS) is 15.8. The molecule has 0 saturated carbocycles. The van der Waals surface area contributed by atoms with Gasteiger partial charge in [-0.3, -0.25) is 0 Å². The number of hydrogen-bond acceptors (Lipinski definition) is 6. The van der Waals surface area contributed by atoms with Gasteiger partial charge in [-0.2, -0.15) is 4.98 Å². The van der Waals surface area contributed by atoms with Crippen molar-refractivity contribution in [2.24, 2.45) is 0 Å². The Morgan fingerprint density at radius 3 is 2.70 bits per heavy atom. The molecule has 0 bridgehead atoms. The topological polar surface area (TPSA) is 89.7 Å². The summed E-state index contributed by atoms with van der Waals surface area (Å²) in [5.74, 6) is 2.29. The Kier molecular flexibility index (Phi) is 5.56. The number of aryl methyl sites for hydroxylation is 1. The number of likely N-dealkylation sites (tertiary alicyclic amines) is 1. The van der Waals surface area contributed by atoms with Gasteiger partial charge in [-0.1, -0.05) is 11.2 Å². The Morgan fingerprint density at radius 2 is 1.97 bits per heavy atom. The minimum atomic E-state index is -0.264. The number of hydrogen-bond donors (Lipinski definition) is 1. The lowest BCUT2D eigenvalue weighted by molar-refractivity contribution is 0.193. The summed E-state index contributed by atoms with van der Waals surface area (Å²) in [7, 11) is 3.20. The van der Waals surface area contributed by atoms with Gasteiger partial charge in [0.15, 0.2) is 0 Å². The number of carbonyl (C=O) groups excluding carboxylic acids is 1. The van der Waals surface area contributed by atoms with Crippen LogP contribution in [0, 0.1) is 6.92 Å². The summed E-state index contributed by atoms with van der Waals surface area (Å²) in [4.78, 5) is 19.3.